The summed E-state index contributed by atoms with van der Waals surface area (Å²) in [6.07, 6.45) is 8.20. The van der Waals surface area contributed by atoms with Crippen LogP contribution in [0.15, 0.2) is 24.3 Å². The first kappa shape index (κ1) is 40.4. The van der Waals surface area contributed by atoms with E-state index in [0.29, 0.717) is 31.3 Å². The Hall–Kier alpha value is -3.32. The van der Waals surface area contributed by atoms with Crippen LogP contribution in [0.2, 0.25) is 0 Å². The molecule has 5 fully saturated rings. The Morgan fingerprint density at radius 3 is 2.30 bits per heavy atom. The minimum absolute atomic E-state index is 0. The van der Waals surface area contributed by atoms with Gasteiger partial charge in [0.05, 0.1) is 24.7 Å². The third-order valence-electron chi connectivity index (χ3n) is 12.7. The molecule has 13 heteroatoms. The molecule has 0 aromatic heterocycles. The summed E-state index contributed by atoms with van der Waals surface area (Å²) in [6.45, 7) is 15.2. The highest BCUT2D eigenvalue weighted by molar-refractivity contribution is 6.46. The second-order valence-electron chi connectivity index (χ2n) is 18.1. The average Bonchev–Trinajstić information content (AvgIpc) is 3.83. The zero-order valence-corrected chi connectivity index (χ0v) is 33.6. The number of hydrogen-bond donors (Lipinski definition) is 2. The smallest absolute Gasteiger partial charge is 0.444 e. The van der Waals surface area contributed by atoms with Crippen LogP contribution in [0.3, 0.4) is 0 Å². The van der Waals surface area contributed by atoms with E-state index in [2.05, 4.69) is 38.3 Å². The molecule has 3 heterocycles. The molecule has 3 saturated carbocycles. The van der Waals surface area contributed by atoms with E-state index in [-0.39, 0.29) is 39.7 Å². The zero-order valence-electron chi connectivity index (χ0n) is 33.6. The van der Waals surface area contributed by atoms with Crippen molar-refractivity contribution >= 4 is 31.1 Å². The minimum Gasteiger partial charge on any atom is -0.444 e. The maximum atomic E-state index is 14.5. The Balaban J connectivity index is 0.00000348. The van der Waals surface area contributed by atoms with E-state index >= 15 is 0 Å². The number of rotatable bonds is 14. The van der Waals surface area contributed by atoms with Gasteiger partial charge in [0.15, 0.2) is 0 Å². The second kappa shape index (κ2) is 16.4. The Bertz CT molecular complexity index is 1520. The van der Waals surface area contributed by atoms with Crippen LogP contribution in [-0.2, 0) is 41.5 Å². The molecule has 0 radical (unpaired) electrons. The molecule has 0 spiro atoms. The lowest BCUT2D eigenvalue weighted by Gasteiger charge is -2.64. The van der Waals surface area contributed by atoms with E-state index in [1.165, 1.54) is 24.2 Å². The van der Waals surface area contributed by atoms with E-state index in [9.17, 15) is 19.2 Å². The molecule has 3 aliphatic heterocycles. The minimum atomic E-state index is -0.922. The molecular weight excluding hydrogens is 687 g/mol. The summed E-state index contributed by atoms with van der Waals surface area (Å²) >= 11 is 0. The molecule has 54 heavy (non-hydrogen) atoms. The monoisotopic (exact) mass is 755 g/mol. The number of nitrogens with one attached hydrogen (secondary N) is 2. The van der Waals surface area contributed by atoms with Gasteiger partial charge < -0.3 is 34.3 Å². The van der Waals surface area contributed by atoms with Gasteiger partial charge in [-0.05, 0) is 75.3 Å². The largest absolute Gasteiger partial charge is 0.478 e. The molecule has 2 saturated heterocycles. The van der Waals surface area contributed by atoms with Crippen molar-refractivity contribution in [2.75, 3.05) is 13.0 Å². The summed E-state index contributed by atoms with van der Waals surface area (Å²) in [5.74, 6) is 0.225. The van der Waals surface area contributed by atoms with Gasteiger partial charge >= 0.3 is 19.3 Å². The lowest BCUT2D eigenvalue weighted by molar-refractivity contribution is -0.199. The SMILES string of the molecule is CCCCCCCCC[C@H](NC(=O)OC(C)(C)C)C(=O)N1C[C@H](OC(=O)N2Cc3ccccc3C2)CC1C(=O)NCB1OC2CC3CC(C3(C)C)C2(C)O1.[HH].[HH]. The summed E-state index contributed by atoms with van der Waals surface area (Å²) < 4.78 is 24.4. The van der Waals surface area contributed by atoms with Crippen LogP contribution in [0.4, 0.5) is 9.59 Å². The predicted molar refractivity (Wildman–Crippen MR) is 209 cm³/mol. The molecule has 7 atom stereocenters. The fraction of sp³-hybridized carbons (Fsp3) is 0.756. The Labute approximate surface area is 325 Å². The van der Waals surface area contributed by atoms with Gasteiger partial charge in [-0.15, -0.1) is 0 Å². The molecule has 2 N–H and O–H groups in total. The maximum absolute atomic E-state index is 14.5. The number of ether oxygens (including phenoxy) is 2. The van der Waals surface area contributed by atoms with Crippen molar-refractivity contribution in [2.45, 2.75) is 168 Å². The van der Waals surface area contributed by atoms with Gasteiger partial charge in [-0.25, -0.2) is 9.59 Å². The molecule has 2 bridgehead atoms. The highest BCUT2D eigenvalue weighted by Crippen LogP contribution is 2.65. The first-order chi connectivity index (χ1) is 25.6. The van der Waals surface area contributed by atoms with Gasteiger partial charge in [-0.1, -0.05) is 90.0 Å². The Morgan fingerprint density at radius 2 is 1.65 bits per heavy atom. The number of carbonyl (C=O) groups is 4. The van der Waals surface area contributed by atoms with Gasteiger partial charge in [0.2, 0.25) is 11.8 Å². The summed E-state index contributed by atoms with van der Waals surface area (Å²) in [7, 11) is -0.603. The number of alkyl carbamates (subject to hydrolysis) is 1. The molecule has 12 nitrogen and oxygen atoms in total. The van der Waals surface area contributed by atoms with E-state index in [4.69, 9.17) is 18.8 Å². The van der Waals surface area contributed by atoms with Crippen molar-refractivity contribution < 1.29 is 40.8 Å². The quantitative estimate of drug-likeness (QED) is 0.153. The Kier molecular flexibility index (Phi) is 12.3. The third-order valence-corrected chi connectivity index (χ3v) is 12.7. The van der Waals surface area contributed by atoms with Gasteiger partial charge in [0, 0.05) is 22.4 Å². The molecular formula is C41H67BN4O8. The zero-order chi connectivity index (χ0) is 38.8. The summed E-state index contributed by atoms with van der Waals surface area (Å²) in [4.78, 5) is 58.1. The van der Waals surface area contributed by atoms with E-state index in [0.717, 1.165) is 49.7 Å². The summed E-state index contributed by atoms with van der Waals surface area (Å²) in [5, 5.41) is 5.83. The number of amides is 4. The van der Waals surface area contributed by atoms with Crippen LogP contribution >= 0.6 is 0 Å². The van der Waals surface area contributed by atoms with Crippen molar-refractivity contribution in [1.82, 2.24) is 20.4 Å². The number of benzene rings is 1. The number of carbonyl (C=O) groups excluding carboxylic acids is 4. The maximum Gasteiger partial charge on any atom is 0.478 e. The molecule has 1 aromatic carbocycles. The average molecular weight is 755 g/mol. The van der Waals surface area contributed by atoms with Gasteiger partial charge in [-0.2, -0.15) is 0 Å². The van der Waals surface area contributed by atoms with E-state index < -0.39 is 54.6 Å². The van der Waals surface area contributed by atoms with Gasteiger partial charge in [-0.3, -0.25) is 14.5 Å². The van der Waals surface area contributed by atoms with Crippen molar-refractivity contribution in [3.8, 4) is 0 Å². The van der Waals surface area contributed by atoms with E-state index in [1.54, 1.807) is 25.7 Å². The topological polar surface area (TPSA) is 136 Å². The van der Waals surface area contributed by atoms with Crippen LogP contribution in [0.25, 0.3) is 0 Å². The van der Waals surface area contributed by atoms with Crippen molar-refractivity contribution in [2.24, 2.45) is 17.3 Å². The molecule has 6 aliphatic rings. The highest BCUT2D eigenvalue weighted by atomic mass is 16.7. The van der Waals surface area contributed by atoms with Gasteiger partial charge in [0.1, 0.15) is 23.8 Å². The van der Waals surface area contributed by atoms with Crippen LogP contribution in [-0.4, -0.2) is 89.4 Å². The van der Waals surface area contributed by atoms with Crippen LogP contribution in [0, 0.1) is 17.3 Å². The number of likely N-dealkylation sites (tertiary alicyclic amines) is 1. The van der Waals surface area contributed by atoms with E-state index in [1.807, 2.05) is 24.3 Å². The van der Waals surface area contributed by atoms with Gasteiger partial charge in [0.25, 0.3) is 0 Å². The number of hydrogen-bond acceptors (Lipinski definition) is 8. The molecule has 1 aromatic rings. The lowest BCUT2D eigenvalue weighted by atomic mass is 9.43. The van der Waals surface area contributed by atoms with Crippen molar-refractivity contribution in [3.63, 3.8) is 0 Å². The molecule has 302 valence electrons. The number of fused-ring (bicyclic) bond motifs is 1. The van der Waals surface area contributed by atoms with Crippen molar-refractivity contribution in [3.05, 3.63) is 35.4 Å². The first-order valence-electron chi connectivity index (χ1n) is 20.5. The summed E-state index contributed by atoms with van der Waals surface area (Å²) in [5.41, 5.74) is 1.18. The lowest BCUT2D eigenvalue weighted by Crippen LogP contribution is -2.65. The fourth-order valence-electron chi connectivity index (χ4n) is 9.61. The number of nitrogens with zero attached hydrogens (tertiary/aromatic N) is 2. The molecule has 4 amide bonds. The first-order valence-corrected chi connectivity index (χ1v) is 20.5. The van der Waals surface area contributed by atoms with Crippen LogP contribution in [0.1, 0.15) is 133 Å². The molecule has 7 rings (SSSR count). The van der Waals surface area contributed by atoms with Crippen LogP contribution < -0.4 is 10.6 Å². The highest BCUT2D eigenvalue weighted by Gasteiger charge is 2.67. The Morgan fingerprint density at radius 1 is 0.981 bits per heavy atom. The van der Waals surface area contributed by atoms with Crippen LogP contribution in [0.5, 0.6) is 0 Å². The molecule has 5 unspecified atom stereocenters. The fourth-order valence-corrected chi connectivity index (χ4v) is 9.61. The molecule has 3 aliphatic carbocycles. The van der Waals surface area contributed by atoms with Crippen molar-refractivity contribution in [1.29, 1.82) is 0 Å². The standard InChI is InChI=1S/C41H63BN4O8.2H2/c1-8-9-10-11-12-13-14-19-31(44-37(49)52-39(2,3)4)36(48)46-25-30(51-38(50)45-23-27-17-15-16-18-28(27)24-45)22-32(46)35(47)43-26-42-53-34-21-29-20-33(40(29,5)6)41(34,7)54-42;;/h15-18,29-34H,8-14,19-26H2,1-7H3,(H,43,47)(H,44,49);2*1H/t29?,30-,31+,32?,33?,34?,41?;;/m1../s1. The third kappa shape index (κ3) is 8.87. The number of unbranched alkanes of at least 4 members (excludes halogenated alkanes) is 6. The predicted octanol–water partition coefficient (Wildman–Crippen LogP) is 7.02. The summed E-state index contributed by atoms with van der Waals surface area (Å²) in [6, 6.07) is 6.06. The second-order valence-corrected chi connectivity index (χ2v) is 18.1. The normalized spacial score (nSPS) is 28.5.